The average Bonchev–Trinajstić information content (AvgIpc) is 2.65. The summed E-state index contributed by atoms with van der Waals surface area (Å²) in [5.74, 6) is 1.74. The number of rotatable bonds is 9. The quantitative estimate of drug-likeness (QED) is 0.680. The van der Waals surface area contributed by atoms with Crippen molar-refractivity contribution in [1.82, 2.24) is 15.3 Å². The summed E-state index contributed by atoms with van der Waals surface area (Å²) in [6.45, 7) is 4.93. The lowest BCUT2D eigenvalue weighted by Gasteiger charge is -2.11. The van der Waals surface area contributed by atoms with Gasteiger partial charge in [-0.15, -0.1) is 0 Å². The van der Waals surface area contributed by atoms with Gasteiger partial charge in [0.25, 0.3) is 5.91 Å². The summed E-state index contributed by atoms with van der Waals surface area (Å²) in [5, 5.41) is 5.93. The molecule has 0 fully saturated rings. The van der Waals surface area contributed by atoms with Crippen molar-refractivity contribution in [1.29, 1.82) is 0 Å². The molecule has 0 saturated carbocycles. The monoisotopic (exact) mass is 344 g/mol. The van der Waals surface area contributed by atoms with Crippen LogP contribution in [-0.2, 0) is 0 Å². The Hall–Kier alpha value is -2.83. The second-order valence-electron chi connectivity index (χ2n) is 5.50. The summed E-state index contributed by atoms with van der Waals surface area (Å²) in [6.07, 6.45) is 2.43. The topological polar surface area (TPSA) is 85.4 Å². The fourth-order valence-corrected chi connectivity index (χ4v) is 1.97. The van der Waals surface area contributed by atoms with Gasteiger partial charge in [0, 0.05) is 12.2 Å². The third-order valence-corrected chi connectivity index (χ3v) is 3.59. The van der Waals surface area contributed by atoms with Crippen LogP contribution in [0.25, 0.3) is 0 Å². The minimum Gasteiger partial charge on any atom is -0.497 e. The molecular weight excluding hydrogens is 320 g/mol. The van der Waals surface area contributed by atoms with Crippen molar-refractivity contribution in [2.24, 2.45) is 0 Å². The molecule has 7 nitrogen and oxygen atoms in total. The number of hydrogen-bond donors (Lipinski definition) is 2. The van der Waals surface area contributed by atoms with Crippen LogP contribution in [0.4, 0.5) is 5.95 Å². The molecular formula is C18H24N4O3. The summed E-state index contributed by atoms with van der Waals surface area (Å²) in [4.78, 5) is 20.4. The maximum atomic E-state index is 12.1. The summed E-state index contributed by atoms with van der Waals surface area (Å²) in [7, 11) is 1.62. The van der Waals surface area contributed by atoms with Crippen molar-refractivity contribution in [3.63, 3.8) is 0 Å². The second-order valence-corrected chi connectivity index (χ2v) is 5.50. The minimum atomic E-state index is -0.200. The molecule has 0 bridgehead atoms. The molecule has 0 aliphatic heterocycles. The predicted molar refractivity (Wildman–Crippen MR) is 96.2 cm³/mol. The largest absolute Gasteiger partial charge is 0.497 e. The van der Waals surface area contributed by atoms with Gasteiger partial charge < -0.3 is 20.1 Å². The molecule has 25 heavy (non-hydrogen) atoms. The van der Waals surface area contributed by atoms with Crippen LogP contribution in [-0.4, -0.2) is 42.2 Å². The van der Waals surface area contributed by atoms with E-state index in [9.17, 15) is 4.79 Å². The zero-order chi connectivity index (χ0) is 18.1. The van der Waals surface area contributed by atoms with Gasteiger partial charge in [-0.3, -0.25) is 4.79 Å². The normalized spacial score (nSPS) is 11.5. The maximum Gasteiger partial charge on any atom is 0.270 e. The van der Waals surface area contributed by atoms with E-state index in [-0.39, 0.29) is 11.9 Å². The molecule has 0 aliphatic carbocycles. The van der Waals surface area contributed by atoms with E-state index in [0.29, 0.717) is 24.8 Å². The van der Waals surface area contributed by atoms with E-state index in [0.717, 1.165) is 17.9 Å². The van der Waals surface area contributed by atoms with E-state index < -0.39 is 0 Å². The molecule has 2 N–H and O–H groups in total. The molecule has 1 aromatic heterocycles. The number of carbonyl (C=O) groups excluding carboxylic acids is 1. The molecule has 0 saturated heterocycles. The van der Waals surface area contributed by atoms with Crippen LogP contribution in [0.5, 0.6) is 11.5 Å². The molecule has 2 rings (SSSR count). The van der Waals surface area contributed by atoms with Gasteiger partial charge >= 0.3 is 0 Å². The highest BCUT2D eigenvalue weighted by Gasteiger charge is 2.10. The Morgan fingerprint density at radius 1 is 1.20 bits per heavy atom. The van der Waals surface area contributed by atoms with Crippen molar-refractivity contribution < 1.29 is 14.3 Å². The fraction of sp³-hybridized carbons (Fsp3) is 0.389. The Labute approximate surface area is 147 Å². The van der Waals surface area contributed by atoms with Gasteiger partial charge in [0.1, 0.15) is 23.8 Å². The maximum absolute atomic E-state index is 12.1. The first kappa shape index (κ1) is 18.5. The van der Waals surface area contributed by atoms with Crippen molar-refractivity contribution in [2.75, 3.05) is 25.6 Å². The standard InChI is InChI=1S/C18H24N4O3/c1-4-13(2)21-17(23)16-9-10-19-18(22-16)20-11-12-25-15-7-5-14(24-3)6-8-15/h5-10,13H,4,11-12H2,1-3H3,(H,21,23)(H,19,20,22). The zero-order valence-corrected chi connectivity index (χ0v) is 14.8. The molecule has 0 aliphatic rings. The average molecular weight is 344 g/mol. The van der Waals surface area contributed by atoms with Crippen LogP contribution >= 0.6 is 0 Å². The van der Waals surface area contributed by atoms with Crippen LogP contribution in [0.1, 0.15) is 30.8 Å². The van der Waals surface area contributed by atoms with Gasteiger partial charge in [-0.2, -0.15) is 0 Å². The summed E-state index contributed by atoms with van der Waals surface area (Å²) in [6, 6.07) is 9.06. The van der Waals surface area contributed by atoms with E-state index in [1.165, 1.54) is 0 Å². The predicted octanol–water partition coefficient (Wildman–Crippen LogP) is 2.50. The lowest BCUT2D eigenvalue weighted by Crippen LogP contribution is -2.32. The third-order valence-electron chi connectivity index (χ3n) is 3.59. The molecule has 1 heterocycles. The number of methoxy groups -OCH3 is 1. The molecule has 1 amide bonds. The SMILES string of the molecule is CCC(C)NC(=O)c1ccnc(NCCOc2ccc(OC)cc2)n1. The fourth-order valence-electron chi connectivity index (χ4n) is 1.97. The first-order valence-electron chi connectivity index (χ1n) is 8.27. The van der Waals surface area contributed by atoms with Crippen molar-refractivity contribution in [3.8, 4) is 11.5 Å². The number of aromatic nitrogens is 2. The number of carbonyl (C=O) groups is 1. The first-order chi connectivity index (χ1) is 12.1. The molecule has 7 heteroatoms. The molecule has 1 aromatic carbocycles. The smallest absolute Gasteiger partial charge is 0.270 e. The highest BCUT2D eigenvalue weighted by atomic mass is 16.5. The van der Waals surface area contributed by atoms with E-state index in [2.05, 4.69) is 20.6 Å². The van der Waals surface area contributed by atoms with Gasteiger partial charge in [0.2, 0.25) is 5.95 Å². The first-order valence-corrected chi connectivity index (χ1v) is 8.27. The molecule has 1 unspecified atom stereocenters. The summed E-state index contributed by atoms with van der Waals surface area (Å²) >= 11 is 0. The van der Waals surface area contributed by atoms with E-state index in [1.54, 1.807) is 19.4 Å². The molecule has 1 atom stereocenters. The molecule has 134 valence electrons. The van der Waals surface area contributed by atoms with E-state index >= 15 is 0 Å². The number of benzene rings is 1. The Morgan fingerprint density at radius 2 is 1.92 bits per heavy atom. The van der Waals surface area contributed by atoms with Gasteiger partial charge in [-0.1, -0.05) is 6.92 Å². The van der Waals surface area contributed by atoms with E-state index in [1.807, 2.05) is 38.1 Å². The van der Waals surface area contributed by atoms with Crippen LogP contribution in [0, 0.1) is 0 Å². The van der Waals surface area contributed by atoms with Gasteiger partial charge in [-0.05, 0) is 43.7 Å². The summed E-state index contributed by atoms with van der Waals surface area (Å²) in [5.41, 5.74) is 0.342. The van der Waals surface area contributed by atoms with Gasteiger partial charge in [-0.25, -0.2) is 9.97 Å². The summed E-state index contributed by atoms with van der Waals surface area (Å²) < 4.78 is 10.7. The molecule has 0 radical (unpaired) electrons. The highest BCUT2D eigenvalue weighted by molar-refractivity contribution is 5.92. The van der Waals surface area contributed by atoms with Gasteiger partial charge in [0.05, 0.1) is 13.7 Å². The second kappa shape index (κ2) is 9.46. The lowest BCUT2D eigenvalue weighted by atomic mass is 10.2. The van der Waals surface area contributed by atoms with Crippen LogP contribution in [0.3, 0.4) is 0 Å². The molecule has 2 aromatic rings. The number of hydrogen-bond acceptors (Lipinski definition) is 6. The minimum absolute atomic E-state index is 0.108. The number of ether oxygens (including phenoxy) is 2. The molecule has 0 spiro atoms. The van der Waals surface area contributed by atoms with Gasteiger partial charge in [0.15, 0.2) is 0 Å². The van der Waals surface area contributed by atoms with Crippen molar-refractivity contribution >= 4 is 11.9 Å². The lowest BCUT2D eigenvalue weighted by molar-refractivity contribution is 0.0934. The number of nitrogens with zero attached hydrogens (tertiary/aromatic N) is 2. The Balaban J connectivity index is 1.80. The van der Waals surface area contributed by atoms with Crippen LogP contribution in [0.15, 0.2) is 36.5 Å². The Morgan fingerprint density at radius 3 is 2.60 bits per heavy atom. The van der Waals surface area contributed by atoms with Crippen molar-refractivity contribution in [3.05, 3.63) is 42.2 Å². The van der Waals surface area contributed by atoms with Crippen molar-refractivity contribution in [2.45, 2.75) is 26.3 Å². The number of amides is 1. The highest BCUT2D eigenvalue weighted by Crippen LogP contribution is 2.16. The Kier molecular flexibility index (Phi) is 7.00. The van der Waals surface area contributed by atoms with E-state index in [4.69, 9.17) is 9.47 Å². The number of nitrogens with one attached hydrogen (secondary N) is 2. The zero-order valence-electron chi connectivity index (χ0n) is 14.8. The van der Waals surface area contributed by atoms with Crippen LogP contribution < -0.4 is 20.1 Å². The third kappa shape index (κ3) is 5.95. The Bertz CT molecular complexity index is 676. The number of anilines is 1. The van der Waals surface area contributed by atoms with Crippen LogP contribution in [0.2, 0.25) is 0 Å².